The van der Waals surface area contributed by atoms with E-state index in [4.69, 9.17) is 0 Å². The lowest BCUT2D eigenvalue weighted by Gasteiger charge is -2.23. The molecule has 1 atom stereocenters. The average Bonchev–Trinajstić information content (AvgIpc) is 2.41. The van der Waals surface area contributed by atoms with E-state index in [1.165, 1.54) is 0 Å². The van der Waals surface area contributed by atoms with E-state index >= 15 is 0 Å². The van der Waals surface area contributed by atoms with E-state index in [-0.39, 0.29) is 11.8 Å². The fourth-order valence-electron chi connectivity index (χ4n) is 2.04. The molecule has 18 heavy (non-hydrogen) atoms. The Labute approximate surface area is 106 Å². The summed E-state index contributed by atoms with van der Waals surface area (Å²) in [4.78, 5) is 23.7. The second-order valence-corrected chi connectivity index (χ2v) is 4.25. The lowest BCUT2D eigenvalue weighted by atomic mass is 10.1. The molecule has 0 bridgehead atoms. The molecule has 1 unspecified atom stereocenters. The van der Waals surface area contributed by atoms with Crippen molar-refractivity contribution in [3.05, 3.63) is 29.8 Å². The Morgan fingerprint density at radius 3 is 2.89 bits per heavy atom. The van der Waals surface area contributed by atoms with Crippen LogP contribution in [0.5, 0.6) is 0 Å². The predicted molar refractivity (Wildman–Crippen MR) is 69.5 cm³/mol. The van der Waals surface area contributed by atoms with Crippen LogP contribution < -0.4 is 16.0 Å². The first kappa shape index (κ1) is 12.4. The number of para-hydroxylation sites is 1. The molecule has 0 aliphatic carbocycles. The zero-order chi connectivity index (χ0) is 13.0. The van der Waals surface area contributed by atoms with Crippen molar-refractivity contribution in [2.24, 2.45) is 0 Å². The fraction of sp³-hybridized carbons (Fsp3) is 0.385. The van der Waals surface area contributed by atoms with Gasteiger partial charge in [-0.2, -0.15) is 0 Å². The standard InChI is InChI=1S/C13H17N3O2/c1-14-10-6-3-2-5-9(10)12(17)16-11-7-4-8-15-13(11)18/h2-3,5-6,11,14H,4,7-8H2,1H3,(H,15,18)(H,16,17). The second-order valence-electron chi connectivity index (χ2n) is 4.25. The third kappa shape index (κ3) is 2.61. The average molecular weight is 247 g/mol. The molecule has 2 rings (SSSR count). The maximum Gasteiger partial charge on any atom is 0.254 e. The number of carbonyl (C=O) groups is 2. The van der Waals surface area contributed by atoms with E-state index in [9.17, 15) is 9.59 Å². The van der Waals surface area contributed by atoms with Crippen LogP contribution in [0.25, 0.3) is 0 Å². The molecule has 1 aliphatic rings. The second kappa shape index (κ2) is 5.53. The van der Waals surface area contributed by atoms with Gasteiger partial charge in [0.15, 0.2) is 0 Å². The van der Waals surface area contributed by atoms with Gasteiger partial charge in [0.05, 0.1) is 5.56 Å². The van der Waals surface area contributed by atoms with Crippen molar-refractivity contribution in [2.75, 3.05) is 18.9 Å². The van der Waals surface area contributed by atoms with Gasteiger partial charge in [-0.05, 0) is 25.0 Å². The summed E-state index contributed by atoms with van der Waals surface area (Å²) in [6.45, 7) is 0.693. The van der Waals surface area contributed by atoms with E-state index in [1.54, 1.807) is 19.2 Å². The van der Waals surface area contributed by atoms with Crippen LogP contribution >= 0.6 is 0 Å². The topological polar surface area (TPSA) is 70.2 Å². The number of hydrogen-bond donors (Lipinski definition) is 3. The molecule has 5 heteroatoms. The lowest BCUT2D eigenvalue weighted by Crippen LogP contribution is -2.50. The van der Waals surface area contributed by atoms with E-state index < -0.39 is 6.04 Å². The molecule has 1 aromatic rings. The van der Waals surface area contributed by atoms with Crippen molar-refractivity contribution in [1.29, 1.82) is 0 Å². The summed E-state index contributed by atoms with van der Waals surface area (Å²) in [5.74, 6) is -0.321. The minimum absolute atomic E-state index is 0.100. The van der Waals surface area contributed by atoms with E-state index in [0.29, 0.717) is 18.5 Å². The quantitative estimate of drug-likeness (QED) is 0.737. The molecule has 1 aromatic carbocycles. The highest BCUT2D eigenvalue weighted by molar-refractivity contribution is 6.01. The van der Waals surface area contributed by atoms with Crippen LogP contribution in [0.3, 0.4) is 0 Å². The van der Waals surface area contributed by atoms with Gasteiger partial charge >= 0.3 is 0 Å². The summed E-state index contributed by atoms with van der Waals surface area (Å²) in [5.41, 5.74) is 1.31. The van der Waals surface area contributed by atoms with Gasteiger partial charge in [0.2, 0.25) is 5.91 Å². The summed E-state index contributed by atoms with van der Waals surface area (Å²) in [6, 6.07) is 6.81. The first-order chi connectivity index (χ1) is 8.72. The van der Waals surface area contributed by atoms with Crippen LogP contribution in [-0.4, -0.2) is 31.4 Å². The summed E-state index contributed by atoms with van der Waals surface area (Å²) >= 11 is 0. The molecule has 1 saturated heterocycles. The normalized spacial score (nSPS) is 18.9. The van der Waals surface area contributed by atoms with Crippen LogP contribution in [0.15, 0.2) is 24.3 Å². The maximum absolute atomic E-state index is 12.1. The number of benzene rings is 1. The Hall–Kier alpha value is -2.04. The Morgan fingerprint density at radius 2 is 2.17 bits per heavy atom. The molecular weight excluding hydrogens is 230 g/mol. The van der Waals surface area contributed by atoms with Gasteiger partial charge in [-0.1, -0.05) is 12.1 Å². The molecule has 5 nitrogen and oxygen atoms in total. The van der Waals surface area contributed by atoms with Crippen molar-refractivity contribution in [3.8, 4) is 0 Å². The lowest BCUT2D eigenvalue weighted by molar-refractivity contribution is -0.124. The van der Waals surface area contributed by atoms with Gasteiger partial charge in [0.1, 0.15) is 6.04 Å². The highest BCUT2D eigenvalue weighted by Crippen LogP contribution is 2.14. The smallest absolute Gasteiger partial charge is 0.254 e. The molecule has 0 aromatic heterocycles. The molecule has 3 N–H and O–H groups in total. The van der Waals surface area contributed by atoms with Gasteiger partial charge in [-0.3, -0.25) is 9.59 Å². The largest absolute Gasteiger partial charge is 0.387 e. The third-order valence-corrected chi connectivity index (χ3v) is 3.03. The Kier molecular flexibility index (Phi) is 3.82. The van der Waals surface area contributed by atoms with Crippen molar-refractivity contribution in [3.63, 3.8) is 0 Å². The summed E-state index contributed by atoms with van der Waals surface area (Å²) in [6.07, 6.45) is 1.59. The summed E-state index contributed by atoms with van der Waals surface area (Å²) in [7, 11) is 1.76. The van der Waals surface area contributed by atoms with Crippen LogP contribution in [0.1, 0.15) is 23.2 Å². The molecule has 1 fully saturated rings. The van der Waals surface area contributed by atoms with E-state index in [1.807, 2.05) is 12.1 Å². The Balaban J connectivity index is 2.09. The first-order valence-electron chi connectivity index (χ1n) is 6.07. The Morgan fingerprint density at radius 1 is 1.39 bits per heavy atom. The minimum Gasteiger partial charge on any atom is -0.387 e. The fourth-order valence-corrected chi connectivity index (χ4v) is 2.04. The summed E-state index contributed by atoms with van der Waals surface area (Å²) in [5, 5.41) is 8.48. The van der Waals surface area contributed by atoms with E-state index in [2.05, 4.69) is 16.0 Å². The summed E-state index contributed by atoms with van der Waals surface area (Å²) < 4.78 is 0. The zero-order valence-corrected chi connectivity index (χ0v) is 10.3. The van der Waals surface area contributed by atoms with Gasteiger partial charge in [0, 0.05) is 19.3 Å². The van der Waals surface area contributed by atoms with Crippen molar-refractivity contribution in [1.82, 2.24) is 10.6 Å². The van der Waals surface area contributed by atoms with Crippen molar-refractivity contribution < 1.29 is 9.59 Å². The molecule has 0 radical (unpaired) electrons. The number of piperidine rings is 1. The number of nitrogens with one attached hydrogen (secondary N) is 3. The molecule has 0 spiro atoms. The van der Waals surface area contributed by atoms with Crippen LogP contribution in [0.4, 0.5) is 5.69 Å². The zero-order valence-electron chi connectivity index (χ0n) is 10.3. The number of hydrogen-bond acceptors (Lipinski definition) is 3. The Bertz CT molecular complexity index is 459. The SMILES string of the molecule is CNc1ccccc1C(=O)NC1CCCNC1=O. The van der Waals surface area contributed by atoms with Crippen LogP contribution in [-0.2, 0) is 4.79 Å². The molecule has 0 saturated carbocycles. The monoisotopic (exact) mass is 247 g/mol. The highest BCUT2D eigenvalue weighted by Gasteiger charge is 2.24. The predicted octanol–water partition coefficient (Wildman–Crippen LogP) is 0.737. The molecule has 1 heterocycles. The molecule has 2 amide bonds. The number of carbonyl (C=O) groups excluding carboxylic acids is 2. The van der Waals surface area contributed by atoms with Crippen molar-refractivity contribution in [2.45, 2.75) is 18.9 Å². The molecular formula is C13H17N3O2. The number of rotatable bonds is 3. The van der Waals surface area contributed by atoms with Crippen LogP contribution in [0, 0.1) is 0 Å². The number of anilines is 1. The van der Waals surface area contributed by atoms with Gasteiger partial charge in [-0.15, -0.1) is 0 Å². The maximum atomic E-state index is 12.1. The van der Waals surface area contributed by atoms with Crippen LogP contribution in [0.2, 0.25) is 0 Å². The highest BCUT2D eigenvalue weighted by atomic mass is 16.2. The molecule has 1 aliphatic heterocycles. The van der Waals surface area contributed by atoms with Gasteiger partial charge < -0.3 is 16.0 Å². The minimum atomic E-state index is -0.420. The van der Waals surface area contributed by atoms with Crippen molar-refractivity contribution >= 4 is 17.5 Å². The molecule has 96 valence electrons. The van der Waals surface area contributed by atoms with E-state index in [0.717, 1.165) is 12.1 Å². The van der Waals surface area contributed by atoms with Gasteiger partial charge in [0.25, 0.3) is 5.91 Å². The third-order valence-electron chi connectivity index (χ3n) is 3.03. The first-order valence-corrected chi connectivity index (χ1v) is 6.07. The van der Waals surface area contributed by atoms with Gasteiger partial charge in [-0.25, -0.2) is 0 Å². The number of amides is 2.